The smallest absolute Gasteiger partial charge is 0.214 e. The van der Waals surface area contributed by atoms with Gasteiger partial charge in [-0.15, -0.1) is 0 Å². The average molecular weight is 321 g/mol. The van der Waals surface area contributed by atoms with Gasteiger partial charge in [0, 0.05) is 19.5 Å². The third kappa shape index (κ3) is 3.42. The molecule has 0 amide bonds. The van der Waals surface area contributed by atoms with Crippen molar-refractivity contribution in [2.45, 2.75) is 63.3 Å². The normalized spacial score (nSPS) is 34.2. The predicted octanol–water partition coefficient (Wildman–Crippen LogP) is 0.483. The van der Waals surface area contributed by atoms with Crippen molar-refractivity contribution >= 4 is 10.0 Å². The summed E-state index contributed by atoms with van der Waals surface area (Å²) in [6.45, 7) is 4.67. The summed E-state index contributed by atoms with van der Waals surface area (Å²) >= 11 is 0. The highest BCUT2D eigenvalue weighted by molar-refractivity contribution is 7.89. The molecule has 2 atom stereocenters. The first-order valence-electron chi connectivity index (χ1n) is 7.76. The lowest BCUT2D eigenvalue weighted by molar-refractivity contribution is -0.243. The molecular formula is C14H27NO5S. The third-order valence-electron chi connectivity index (χ3n) is 4.80. The number of aliphatic hydroxyl groups is 2. The minimum atomic E-state index is -3.21. The maximum atomic E-state index is 12.2. The second kappa shape index (κ2) is 6.12. The Morgan fingerprint density at radius 1 is 1.29 bits per heavy atom. The van der Waals surface area contributed by atoms with Crippen LogP contribution in [0, 0.1) is 0 Å². The van der Waals surface area contributed by atoms with Crippen LogP contribution in [-0.2, 0) is 14.8 Å². The number of unbranched alkanes of at least 4 members (excludes halogenated alkanes) is 1. The SMILES string of the molecule is CCCCS(=O)(=O)N1CCC2(CC1)OCC[C@@](C)(O)[C@@H]2O. The van der Waals surface area contributed by atoms with E-state index in [4.69, 9.17) is 4.74 Å². The Labute approximate surface area is 127 Å². The van der Waals surface area contributed by atoms with Gasteiger partial charge >= 0.3 is 0 Å². The first-order valence-corrected chi connectivity index (χ1v) is 9.37. The number of nitrogens with zero attached hydrogens (tertiary/aromatic N) is 1. The number of hydrogen-bond donors (Lipinski definition) is 2. The summed E-state index contributed by atoms with van der Waals surface area (Å²) < 4.78 is 31.7. The number of ether oxygens (including phenoxy) is 1. The van der Waals surface area contributed by atoms with Gasteiger partial charge in [-0.3, -0.25) is 0 Å². The summed E-state index contributed by atoms with van der Waals surface area (Å²) in [5.74, 6) is 0.178. The molecule has 124 valence electrons. The molecule has 2 aliphatic rings. The van der Waals surface area contributed by atoms with E-state index in [1.54, 1.807) is 6.92 Å². The molecule has 0 saturated carbocycles. The highest BCUT2D eigenvalue weighted by atomic mass is 32.2. The molecule has 0 aliphatic carbocycles. The first kappa shape index (κ1) is 17.1. The van der Waals surface area contributed by atoms with Gasteiger partial charge in [-0.2, -0.15) is 0 Å². The molecule has 0 radical (unpaired) electrons. The fourth-order valence-electron chi connectivity index (χ4n) is 3.26. The second-order valence-corrected chi connectivity index (χ2v) is 8.58. The summed E-state index contributed by atoms with van der Waals surface area (Å²) in [6.07, 6.45) is 1.79. The predicted molar refractivity (Wildman–Crippen MR) is 79.4 cm³/mol. The standard InChI is InChI=1S/C14H27NO5S/c1-3-4-11-21(18,19)15-8-5-14(6-9-15)12(16)13(2,17)7-10-20-14/h12,16-17H,3-11H2,1-2H3/t12-,13+/m0/s1. The second-order valence-electron chi connectivity index (χ2n) is 6.49. The lowest BCUT2D eigenvalue weighted by Crippen LogP contribution is -2.64. The van der Waals surface area contributed by atoms with Crippen LogP contribution in [0.1, 0.15) is 46.0 Å². The molecule has 21 heavy (non-hydrogen) atoms. The van der Waals surface area contributed by atoms with Gasteiger partial charge in [0.05, 0.1) is 23.6 Å². The Hall–Kier alpha value is -0.210. The molecule has 2 rings (SSSR count). The van der Waals surface area contributed by atoms with Gasteiger partial charge in [0.2, 0.25) is 10.0 Å². The summed E-state index contributed by atoms with van der Waals surface area (Å²) in [5, 5.41) is 20.6. The zero-order chi connectivity index (χ0) is 15.7. The molecule has 0 aromatic heterocycles. The minimum absolute atomic E-state index is 0.178. The van der Waals surface area contributed by atoms with E-state index < -0.39 is 27.3 Å². The molecule has 0 unspecified atom stereocenters. The van der Waals surface area contributed by atoms with E-state index >= 15 is 0 Å². The summed E-state index contributed by atoms with van der Waals surface area (Å²) in [4.78, 5) is 0. The highest BCUT2D eigenvalue weighted by Gasteiger charge is 2.53. The molecule has 1 spiro atoms. The van der Waals surface area contributed by atoms with Crippen LogP contribution in [0.5, 0.6) is 0 Å². The van der Waals surface area contributed by atoms with Gasteiger partial charge in [-0.25, -0.2) is 12.7 Å². The molecule has 7 heteroatoms. The maximum absolute atomic E-state index is 12.2. The minimum Gasteiger partial charge on any atom is -0.387 e. The van der Waals surface area contributed by atoms with E-state index in [-0.39, 0.29) is 5.75 Å². The van der Waals surface area contributed by atoms with Crippen molar-refractivity contribution in [2.75, 3.05) is 25.4 Å². The number of sulfonamides is 1. The largest absolute Gasteiger partial charge is 0.387 e. The highest BCUT2D eigenvalue weighted by Crippen LogP contribution is 2.40. The molecule has 2 aliphatic heterocycles. The molecule has 6 nitrogen and oxygen atoms in total. The van der Waals surface area contributed by atoms with E-state index in [9.17, 15) is 18.6 Å². The molecule has 2 fully saturated rings. The van der Waals surface area contributed by atoms with Gasteiger partial charge in [0.25, 0.3) is 0 Å². The van der Waals surface area contributed by atoms with Crippen LogP contribution in [0.15, 0.2) is 0 Å². The molecule has 0 aromatic carbocycles. The van der Waals surface area contributed by atoms with Crippen molar-refractivity contribution in [2.24, 2.45) is 0 Å². The van der Waals surface area contributed by atoms with Crippen LogP contribution < -0.4 is 0 Å². The number of piperidine rings is 1. The zero-order valence-electron chi connectivity index (χ0n) is 12.9. The Balaban J connectivity index is 2.03. The Bertz CT molecular complexity index is 454. The number of rotatable bonds is 4. The van der Waals surface area contributed by atoms with E-state index in [0.29, 0.717) is 45.4 Å². The average Bonchev–Trinajstić information content (AvgIpc) is 2.43. The van der Waals surface area contributed by atoms with Crippen molar-refractivity contribution in [1.82, 2.24) is 4.31 Å². The molecule has 0 bridgehead atoms. The van der Waals surface area contributed by atoms with Crippen molar-refractivity contribution < 1.29 is 23.4 Å². The van der Waals surface area contributed by atoms with Gasteiger partial charge in [-0.05, 0) is 26.2 Å². The zero-order valence-corrected chi connectivity index (χ0v) is 13.7. The summed E-state index contributed by atoms with van der Waals surface area (Å²) in [6, 6.07) is 0. The Kier molecular flexibility index (Phi) is 5.00. The maximum Gasteiger partial charge on any atom is 0.214 e. The molecular weight excluding hydrogens is 294 g/mol. The van der Waals surface area contributed by atoms with Crippen molar-refractivity contribution in [1.29, 1.82) is 0 Å². The van der Waals surface area contributed by atoms with Crippen LogP contribution >= 0.6 is 0 Å². The van der Waals surface area contributed by atoms with E-state index in [0.717, 1.165) is 6.42 Å². The summed E-state index contributed by atoms with van der Waals surface area (Å²) in [5.41, 5.74) is -1.97. The number of hydrogen-bond acceptors (Lipinski definition) is 5. The third-order valence-corrected chi connectivity index (χ3v) is 6.76. The van der Waals surface area contributed by atoms with Crippen molar-refractivity contribution in [3.63, 3.8) is 0 Å². The first-order chi connectivity index (χ1) is 9.73. The van der Waals surface area contributed by atoms with Gasteiger partial charge < -0.3 is 14.9 Å². The van der Waals surface area contributed by atoms with Crippen LogP contribution in [0.3, 0.4) is 0 Å². The van der Waals surface area contributed by atoms with E-state index in [1.807, 2.05) is 6.92 Å². The lowest BCUT2D eigenvalue weighted by Gasteiger charge is -2.51. The fraction of sp³-hybridized carbons (Fsp3) is 1.00. The van der Waals surface area contributed by atoms with Gasteiger partial charge in [0.15, 0.2) is 0 Å². The van der Waals surface area contributed by atoms with Crippen LogP contribution in [-0.4, -0.2) is 65.7 Å². The van der Waals surface area contributed by atoms with Gasteiger partial charge in [-0.1, -0.05) is 13.3 Å². The van der Waals surface area contributed by atoms with E-state index in [1.165, 1.54) is 4.31 Å². The Morgan fingerprint density at radius 3 is 2.48 bits per heavy atom. The lowest BCUT2D eigenvalue weighted by atomic mass is 9.75. The van der Waals surface area contributed by atoms with Gasteiger partial charge in [0.1, 0.15) is 6.10 Å². The molecule has 2 saturated heterocycles. The molecule has 0 aromatic rings. The number of aliphatic hydroxyl groups excluding tert-OH is 1. The van der Waals surface area contributed by atoms with Crippen LogP contribution in [0.25, 0.3) is 0 Å². The molecule has 2 N–H and O–H groups in total. The monoisotopic (exact) mass is 321 g/mol. The Morgan fingerprint density at radius 2 is 1.90 bits per heavy atom. The fourth-order valence-corrected chi connectivity index (χ4v) is 4.91. The van der Waals surface area contributed by atoms with Crippen molar-refractivity contribution in [3.05, 3.63) is 0 Å². The van der Waals surface area contributed by atoms with Crippen LogP contribution in [0.4, 0.5) is 0 Å². The van der Waals surface area contributed by atoms with Crippen LogP contribution in [0.2, 0.25) is 0 Å². The summed E-state index contributed by atoms with van der Waals surface area (Å²) in [7, 11) is -3.21. The quantitative estimate of drug-likeness (QED) is 0.786. The van der Waals surface area contributed by atoms with Crippen molar-refractivity contribution in [3.8, 4) is 0 Å². The topological polar surface area (TPSA) is 87.1 Å². The molecule has 2 heterocycles. The van der Waals surface area contributed by atoms with E-state index in [2.05, 4.69) is 0 Å².